The maximum absolute atomic E-state index is 12.4. The number of rotatable bonds is 6. The Hall–Kier alpha value is -2.93. The first-order valence-electron chi connectivity index (χ1n) is 9.09. The molecule has 0 spiro atoms. The molecule has 4 rings (SSSR count). The third-order valence-electron chi connectivity index (χ3n) is 4.76. The molecule has 1 N–H and O–H groups in total. The average Bonchev–Trinajstić information content (AvgIpc) is 3.36. The molecular formula is C20H22N4O3. The standard InChI is InChI=1S/C20H22N4O3/c1-26-16-5-2-4-14(10-16)13-24-19-8-7-15(11-18(19)22-23-24)20(25)21-12-17-6-3-9-27-17/h2,4-5,7-8,10-11,17H,3,6,9,12-13H2,1H3,(H,21,25). The summed E-state index contributed by atoms with van der Waals surface area (Å²) in [6.45, 7) is 1.90. The highest BCUT2D eigenvalue weighted by atomic mass is 16.5. The summed E-state index contributed by atoms with van der Waals surface area (Å²) in [7, 11) is 1.65. The molecule has 1 aliphatic heterocycles. The van der Waals surface area contributed by atoms with Gasteiger partial charge in [-0.05, 0) is 48.7 Å². The van der Waals surface area contributed by atoms with Crippen LogP contribution in [0, 0.1) is 0 Å². The highest BCUT2D eigenvalue weighted by molar-refractivity contribution is 5.97. The van der Waals surface area contributed by atoms with Crippen LogP contribution in [-0.4, -0.2) is 47.3 Å². The van der Waals surface area contributed by atoms with Gasteiger partial charge in [0.25, 0.3) is 5.91 Å². The van der Waals surface area contributed by atoms with Crippen molar-refractivity contribution < 1.29 is 14.3 Å². The van der Waals surface area contributed by atoms with Gasteiger partial charge in [-0.25, -0.2) is 4.68 Å². The Labute approximate surface area is 157 Å². The van der Waals surface area contributed by atoms with E-state index in [1.807, 2.05) is 35.0 Å². The summed E-state index contributed by atoms with van der Waals surface area (Å²) in [6, 6.07) is 13.3. The number of nitrogens with zero attached hydrogens (tertiary/aromatic N) is 3. The van der Waals surface area contributed by atoms with Crippen LogP contribution in [0.4, 0.5) is 0 Å². The number of benzene rings is 2. The Morgan fingerprint density at radius 2 is 2.26 bits per heavy atom. The highest BCUT2D eigenvalue weighted by Gasteiger charge is 2.17. The first kappa shape index (κ1) is 17.5. The van der Waals surface area contributed by atoms with Crippen LogP contribution in [0.5, 0.6) is 5.75 Å². The van der Waals surface area contributed by atoms with Gasteiger partial charge >= 0.3 is 0 Å². The molecule has 1 amide bonds. The van der Waals surface area contributed by atoms with Crippen molar-refractivity contribution in [2.75, 3.05) is 20.3 Å². The van der Waals surface area contributed by atoms with Gasteiger partial charge in [0.15, 0.2) is 0 Å². The smallest absolute Gasteiger partial charge is 0.251 e. The molecule has 1 saturated heterocycles. The number of aromatic nitrogens is 3. The Balaban J connectivity index is 1.48. The van der Waals surface area contributed by atoms with E-state index in [2.05, 4.69) is 15.6 Å². The van der Waals surface area contributed by atoms with Gasteiger partial charge in [-0.3, -0.25) is 4.79 Å². The number of fused-ring (bicyclic) bond motifs is 1. The maximum atomic E-state index is 12.4. The zero-order chi connectivity index (χ0) is 18.6. The van der Waals surface area contributed by atoms with Crippen molar-refractivity contribution in [1.82, 2.24) is 20.3 Å². The number of hydrogen-bond donors (Lipinski definition) is 1. The fourth-order valence-electron chi connectivity index (χ4n) is 3.29. The number of amides is 1. The first-order chi connectivity index (χ1) is 13.2. The molecule has 3 aromatic rings. The molecule has 0 bridgehead atoms. The van der Waals surface area contributed by atoms with Gasteiger partial charge < -0.3 is 14.8 Å². The van der Waals surface area contributed by atoms with Crippen LogP contribution < -0.4 is 10.1 Å². The second-order valence-electron chi connectivity index (χ2n) is 6.65. The van der Waals surface area contributed by atoms with Crippen molar-refractivity contribution in [2.24, 2.45) is 0 Å². The SMILES string of the molecule is COc1cccc(Cn2nnc3cc(C(=O)NCC4CCCO4)ccc32)c1. The molecule has 1 atom stereocenters. The van der Waals surface area contributed by atoms with Crippen molar-refractivity contribution in [2.45, 2.75) is 25.5 Å². The van der Waals surface area contributed by atoms with E-state index >= 15 is 0 Å². The predicted octanol–water partition coefficient (Wildman–Crippen LogP) is 2.40. The lowest BCUT2D eigenvalue weighted by Crippen LogP contribution is -2.31. The van der Waals surface area contributed by atoms with Gasteiger partial charge in [0, 0.05) is 18.7 Å². The van der Waals surface area contributed by atoms with E-state index in [0.717, 1.165) is 36.3 Å². The van der Waals surface area contributed by atoms with Crippen LogP contribution in [0.15, 0.2) is 42.5 Å². The summed E-state index contributed by atoms with van der Waals surface area (Å²) in [5.41, 5.74) is 3.23. The lowest BCUT2D eigenvalue weighted by Gasteiger charge is -2.10. The Morgan fingerprint density at radius 1 is 1.33 bits per heavy atom. The summed E-state index contributed by atoms with van der Waals surface area (Å²) in [6.07, 6.45) is 2.18. The minimum Gasteiger partial charge on any atom is -0.497 e. The molecule has 2 heterocycles. The van der Waals surface area contributed by atoms with E-state index in [9.17, 15) is 4.79 Å². The van der Waals surface area contributed by atoms with Crippen LogP contribution in [0.2, 0.25) is 0 Å². The van der Waals surface area contributed by atoms with Crippen molar-refractivity contribution in [3.63, 3.8) is 0 Å². The number of ether oxygens (including phenoxy) is 2. The molecule has 7 heteroatoms. The Bertz CT molecular complexity index is 947. The monoisotopic (exact) mass is 366 g/mol. The molecule has 27 heavy (non-hydrogen) atoms. The maximum Gasteiger partial charge on any atom is 0.251 e. The number of hydrogen-bond acceptors (Lipinski definition) is 5. The molecule has 2 aromatic carbocycles. The molecular weight excluding hydrogens is 344 g/mol. The number of carbonyl (C=O) groups excluding carboxylic acids is 1. The van der Waals surface area contributed by atoms with E-state index in [0.29, 0.717) is 24.2 Å². The third kappa shape index (κ3) is 3.93. The fourth-order valence-corrected chi connectivity index (χ4v) is 3.29. The molecule has 0 aliphatic carbocycles. The van der Waals surface area contributed by atoms with Crippen LogP contribution in [0.25, 0.3) is 11.0 Å². The van der Waals surface area contributed by atoms with Crippen LogP contribution in [0.1, 0.15) is 28.8 Å². The van der Waals surface area contributed by atoms with Crippen molar-refractivity contribution in [3.05, 3.63) is 53.6 Å². The molecule has 1 fully saturated rings. The van der Waals surface area contributed by atoms with Gasteiger partial charge in [0.2, 0.25) is 0 Å². The Morgan fingerprint density at radius 3 is 3.07 bits per heavy atom. The first-order valence-corrected chi connectivity index (χ1v) is 9.09. The summed E-state index contributed by atoms with van der Waals surface area (Å²) in [5, 5.41) is 11.4. The van der Waals surface area contributed by atoms with Gasteiger partial charge in [0.05, 0.1) is 25.3 Å². The topological polar surface area (TPSA) is 78.3 Å². The second-order valence-corrected chi connectivity index (χ2v) is 6.65. The van der Waals surface area contributed by atoms with Gasteiger partial charge in [0.1, 0.15) is 11.3 Å². The largest absolute Gasteiger partial charge is 0.497 e. The second kappa shape index (κ2) is 7.75. The summed E-state index contributed by atoms with van der Waals surface area (Å²) < 4.78 is 12.6. The van der Waals surface area contributed by atoms with Crippen LogP contribution in [-0.2, 0) is 11.3 Å². The van der Waals surface area contributed by atoms with E-state index in [1.54, 1.807) is 19.2 Å². The lowest BCUT2D eigenvalue weighted by atomic mass is 10.1. The minimum atomic E-state index is -0.116. The molecule has 1 aliphatic rings. The average molecular weight is 366 g/mol. The Kier molecular flexibility index (Phi) is 5.02. The van der Waals surface area contributed by atoms with E-state index < -0.39 is 0 Å². The summed E-state index contributed by atoms with van der Waals surface area (Å²) >= 11 is 0. The molecule has 0 radical (unpaired) electrons. The zero-order valence-corrected chi connectivity index (χ0v) is 15.2. The zero-order valence-electron chi connectivity index (χ0n) is 15.2. The molecule has 7 nitrogen and oxygen atoms in total. The van der Waals surface area contributed by atoms with E-state index in [-0.39, 0.29) is 12.0 Å². The molecule has 1 aromatic heterocycles. The van der Waals surface area contributed by atoms with Gasteiger partial charge in [-0.2, -0.15) is 0 Å². The van der Waals surface area contributed by atoms with E-state index in [1.165, 1.54) is 0 Å². The fraction of sp³-hybridized carbons (Fsp3) is 0.350. The normalized spacial score (nSPS) is 16.6. The minimum absolute atomic E-state index is 0.116. The van der Waals surface area contributed by atoms with Crippen molar-refractivity contribution >= 4 is 16.9 Å². The third-order valence-corrected chi connectivity index (χ3v) is 4.76. The van der Waals surface area contributed by atoms with Gasteiger partial charge in [-0.1, -0.05) is 17.3 Å². The molecule has 140 valence electrons. The summed E-state index contributed by atoms with van der Waals surface area (Å²) in [4.78, 5) is 12.4. The van der Waals surface area contributed by atoms with Crippen molar-refractivity contribution in [3.8, 4) is 5.75 Å². The lowest BCUT2D eigenvalue weighted by molar-refractivity contribution is 0.0858. The van der Waals surface area contributed by atoms with Crippen molar-refractivity contribution in [1.29, 1.82) is 0 Å². The van der Waals surface area contributed by atoms with Crippen LogP contribution in [0.3, 0.4) is 0 Å². The predicted molar refractivity (Wildman–Crippen MR) is 101 cm³/mol. The van der Waals surface area contributed by atoms with Crippen LogP contribution >= 0.6 is 0 Å². The van der Waals surface area contributed by atoms with E-state index in [4.69, 9.17) is 9.47 Å². The number of carbonyl (C=O) groups is 1. The number of methoxy groups -OCH3 is 1. The highest BCUT2D eigenvalue weighted by Crippen LogP contribution is 2.18. The quantitative estimate of drug-likeness (QED) is 0.725. The number of nitrogens with one attached hydrogen (secondary N) is 1. The molecule has 0 saturated carbocycles. The summed E-state index contributed by atoms with van der Waals surface area (Å²) in [5.74, 6) is 0.692. The molecule has 1 unspecified atom stereocenters. The van der Waals surface area contributed by atoms with Gasteiger partial charge in [-0.15, -0.1) is 5.10 Å².